The van der Waals surface area contributed by atoms with Crippen LogP contribution in [0.1, 0.15) is 50.2 Å². The highest BCUT2D eigenvalue weighted by atomic mass is 127. The van der Waals surface area contributed by atoms with Crippen molar-refractivity contribution in [3.8, 4) is 0 Å². The highest BCUT2D eigenvalue weighted by Crippen LogP contribution is 2.24. The molecular formula is C31H30B2IN3O9. The first-order valence-electron chi connectivity index (χ1n) is 14.8. The van der Waals surface area contributed by atoms with Gasteiger partial charge in [0.2, 0.25) is 5.91 Å². The van der Waals surface area contributed by atoms with Crippen LogP contribution in [-0.2, 0) is 38.5 Å². The van der Waals surface area contributed by atoms with Crippen LogP contribution >= 0.6 is 22.6 Å². The average molecular weight is 737 g/mol. The van der Waals surface area contributed by atoms with E-state index in [0.29, 0.717) is 16.5 Å². The molecule has 6 rings (SSSR count). The van der Waals surface area contributed by atoms with Gasteiger partial charge in [-0.1, -0.05) is 24.3 Å². The summed E-state index contributed by atoms with van der Waals surface area (Å²) in [4.78, 5) is 54.1. The summed E-state index contributed by atoms with van der Waals surface area (Å²) in [5.74, 6) is -2.54. The Hall–Kier alpha value is -3.76. The number of carboxylic acids is 1. The number of rotatable bonds is 9. The zero-order valence-corrected chi connectivity index (χ0v) is 26.7. The molecule has 46 heavy (non-hydrogen) atoms. The lowest BCUT2D eigenvalue weighted by Gasteiger charge is -2.26. The highest BCUT2D eigenvalue weighted by Gasteiger charge is 2.42. The van der Waals surface area contributed by atoms with Crippen molar-refractivity contribution in [1.82, 2.24) is 15.5 Å². The molecule has 5 N–H and O–H groups in total. The molecule has 0 aromatic heterocycles. The molecule has 1 fully saturated rings. The molecule has 3 aliphatic heterocycles. The number of hydrogen-bond acceptors (Lipinski definition) is 8. The molecule has 3 aliphatic rings. The summed E-state index contributed by atoms with van der Waals surface area (Å²) in [5.41, 5.74) is 3.89. The average Bonchev–Trinajstić information content (AvgIpc) is 3.74. The normalized spacial score (nSPS) is 19.1. The summed E-state index contributed by atoms with van der Waals surface area (Å²) >= 11 is 2.17. The van der Waals surface area contributed by atoms with Crippen LogP contribution in [0.4, 0.5) is 0 Å². The van der Waals surface area contributed by atoms with Gasteiger partial charge in [-0.2, -0.15) is 0 Å². The van der Waals surface area contributed by atoms with E-state index in [0.717, 1.165) is 20.3 Å². The first-order chi connectivity index (χ1) is 22.0. The monoisotopic (exact) mass is 737 g/mol. The molecule has 0 unspecified atom stereocenters. The molecule has 15 heteroatoms. The van der Waals surface area contributed by atoms with Gasteiger partial charge in [0.05, 0.1) is 19.6 Å². The van der Waals surface area contributed by atoms with Gasteiger partial charge >= 0.3 is 20.2 Å². The predicted octanol–water partition coefficient (Wildman–Crippen LogP) is -0.0581. The molecule has 0 aliphatic carbocycles. The number of carboxylic acid groups (broad SMARTS) is 1. The zero-order valence-electron chi connectivity index (χ0n) is 24.5. The van der Waals surface area contributed by atoms with E-state index in [2.05, 4.69) is 33.2 Å². The fourth-order valence-electron chi connectivity index (χ4n) is 6.14. The van der Waals surface area contributed by atoms with Gasteiger partial charge in [0.1, 0.15) is 6.04 Å². The lowest BCUT2D eigenvalue weighted by atomic mass is 9.78. The predicted molar refractivity (Wildman–Crippen MR) is 175 cm³/mol. The maximum atomic E-state index is 13.9. The maximum Gasteiger partial charge on any atom is 0.491 e. The van der Waals surface area contributed by atoms with Crippen molar-refractivity contribution < 1.29 is 43.6 Å². The van der Waals surface area contributed by atoms with Crippen molar-refractivity contribution in [3.63, 3.8) is 0 Å². The third-order valence-electron chi connectivity index (χ3n) is 8.49. The lowest BCUT2D eigenvalue weighted by molar-refractivity contribution is -0.137. The highest BCUT2D eigenvalue weighted by molar-refractivity contribution is 14.1. The van der Waals surface area contributed by atoms with Crippen molar-refractivity contribution in [2.24, 2.45) is 0 Å². The fourth-order valence-corrected chi connectivity index (χ4v) is 6.50. The third-order valence-corrected chi connectivity index (χ3v) is 9.21. The van der Waals surface area contributed by atoms with Crippen LogP contribution in [-0.4, -0.2) is 82.7 Å². The second-order valence-electron chi connectivity index (χ2n) is 11.7. The fraction of sp³-hybridized carbons (Fsp3) is 0.290. The summed E-state index contributed by atoms with van der Waals surface area (Å²) in [6, 6.07) is 14.9. The second kappa shape index (κ2) is 13.5. The smallest absolute Gasteiger partial charge is 0.481 e. The van der Waals surface area contributed by atoms with E-state index in [9.17, 15) is 34.3 Å². The minimum absolute atomic E-state index is 0.0101. The van der Waals surface area contributed by atoms with Gasteiger partial charge in [0, 0.05) is 33.3 Å². The molecular weight excluding hydrogens is 707 g/mol. The third kappa shape index (κ3) is 6.98. The Morgan fingerprint density at radius 2 is 1.52 bits per heavy atom. The number of halogens is 1. The molecule has 3 aromatic carbocycles. The van der Waals surface area contributed by atoms with E-state index < -0.39 is 56.1 Å². The molecule has 0 spiro atoms. The minimum Gasteiger partial charge on any atom is -0.481 e. The number of benzene rings is 3. The van der Waals surface area contributed by atoms with Crippen LogP contribution < -0.4 is 21.6 Å². The molecule has 0 saturated carbocycles. The van der Waals surface area contributed by atoms with E-state index in [1.807, 2.05) is 24.3 Å². The summed E-state index contributed by atoms with van der Waals surface area (Å²) < 4.78 is 11.5. The molecule has 0 bridgehead atoms. The van der Waals surface area contributed by atoms with E-state index in [1.54, 1.807) is 30.3 Å². The van der Waals surface area contributed by atoms with Gasteiger partial charge in [-0.3, -0.25) is 19.2 Å². The summed E-state index contributed by atoms with van der Waals surface area (Å²) in [5, 5.41) is 35.6. The Morgan fingerprint density at radius 3 is 2.15 bits per heavy atom. The number of carbonyl (C=O) groups excluding carboxylic acids is 3. The summed E-state index contributed by atoms with van der Waals surface area (Å²) in [6.07, 6.45) is 0.0293. The number of amides is 3. The van der Waals surface area contributed by atoms with E-state index in [-0.39, 0.29) is 44.6 Å². The van der Waals surface area contributed by atoms with Crippen molar-refractivity contribution in [1.29, 1.82) is 0 Å². The van der Waals surface area contributed by atoms with Crippen molar-refractivity contribution in [2.45, 2.75) is 50.6 Å². The summed E-state index contributed by atoms with van der Waals surface area (Å²) in [6.45, 7) is 0.467. The number of hydrogen-bond donors (Lipinski definition) is 5. The van der Waals surface area contributed by atoms with Gasteiger partial charge < -0.3 is 40.0 Å². The molecule has 3 atom stereocenters. The van der Waals surface area contributed by atoms with Gasteiger partial charge in [0.15, 0.2) is 0 Å². The van der Waals surface area contributed by atoms with E-state index in [1.165, 1.54) is 11.0 Å². The number of likely N-dealkylation sites (tertiary alicyclic amines) is 1. The van der Waals surface area contributed by atoms with Gasteiger partial charge in [0.25, 0.3) is 11.8 Å². The Balaban J connectivity index is 1.23. The molecule has 12 nitrogen and oxygen atoms in total. The molecule has 3 aromatic rings. The van der Waals surface area contributed by atoms with Crippen LogP contribution in [0.3, 0.4) is 0 Å². The minimum atomic E-state index is -1.17. The first-order valence-corrected chi connectivity index (χ1v) is 15.9. The lowest BCUT2D eigenvalue weighted by Crippen LogP contribution is -2.50. The van der Waals surface area contributed by atoms with Crippen LogP contribution in [0.5, 0.6) is 0 Å². The molecule has 1 saturated heterocycles. The van der Waals surface area contributed by atoms with Gasteiger partial charge in [-0.15, -0.1) is 0 Å². The largest absolute Gasteiger partial charge is 0.491 e. The van der Waals surface area contributed by atoms with E-state index >= 15 is 0 Å². The number of carbonyl (C=O) groups is 4. The topological polar surface area (TPSA) is 175 Å². The van der Waals surface area contributed by atoms with Gasteiger partial charge in [-0.25, -0.2) is 0 Å². The molecule has 0 radical (unpaired) electrons. The number of fused-ring (bicyclic) bond motifs is 2. The Bertz CT molecular complexity index is 1690. The van der Waals surface area contributed by atoms with Crippen LogP contribution in [0, 0.1) is 3.57 Å². The van der Waals surface area contributed by atoms with E-state index in [4.69, 9.17) is 9.31 Å². The first kappa shape index (κ1) is 32.2. The number of nitrogens with zero attached hydrogens (tertiary/aromatic N) is 1. The van der Waals surface area contributed by atoms with Gasteiger partial charge in [-0.05, 0) is 99.4 Å². The number of aliphatic carboxylic acids is 1. The zero-order chi connectivity index (χ0) is 32.5. The van der Waals surface area contributed by atoms with Crippen LogP contribution in [0.2, 0.25) is 0 Å². The molecule has 3 amide bonds. The van der Waals surface area contributed by atoms with Crippen LogP contribution in [0.25, 0.3) is 0 Å². The Labute approximate surface area is 278 Å². The summed E-state index contributed by atoms with van der Waals surface area (Å²) in [7, 11) is -2.29. The molecule has 236 valence electrons. The quantitative estimate of drug-likeness (QED) is 0.149. The Morgan fingerprint density at radius 1 is 0.913 bits per heavy atom. The SMILES string of the molecule is O=C(O)C[C@H](Cc1ccc(I)cc1)NC(=O)[C@@H]1C[C@@H](NC(=O)c2ccc3c(c2)B(O)OC3)CN1C(=O)c1ccc2c(c1)B(O)OC2. The number of nitrogens with one attached hydrogen (secondary N) is 2. The van der Waals surface area contributed by atoms with Crippen LogP contribution in [0.15, 0.2) is 60.7 Å². The molecule has 3 heterocycles. The maximum absolute atomic E-state index is 13.9. The van der Waals surface area contributed by atoms with Crippen molar-refractivity contribution in [2.75, 3.05) is 6.54 Å². The van der Waals surface area contributed by atoms with Crippen molar-refractivity contribution >= 4 is 71.4 Å². The second-order valence-corrected chi connectivity index (χ2v) is 12.9. The Kier molecular flexibility index (Phi) is 9.47. The standard InChI is InChI=1S/C31H30B2IN3O9/c34-22-7-1-17(2-8-22)9-23(13-28(38)39)35-30(41)27-12-24(36-29(40)18-3-5-20-15-45-32(43)25(20)10-18)14-37(27)31(42)19-4-6-21-16-46-33(44)26(21)11-19/h1-8,10-11,23-24,27,43-44H,9,12-16H2,(H,35,41)(H,36,40)(H,38,39)/t23-,24+,27-/m0/s1. The van der Waals surface area contributed by atoms with Crippen molar-refractivity contribution in [3.05, 3.63) is 92.1 Å².